The molecule has 74 valence electrons. The van der Waals surface area contributed by atoms with Gasteiger partial charge in [-0.1, -0.05) is 6.92 Å². The lowest BCUT2D eigenvalue weighted by Crippen LogP contribution is -2.50. The molecule has 2 rings (SSSR count). The van der Waals surface area contributed by atoms with Crippen molar-refractivity contribution in [3.63, 3.8) is 0 Å². The molecule has 0 aromatic heterocycles. The first-order valence-electron chi connectivity index (χ1n) is 5.25. The third-order valence-electron chi connectivity index (χ3n) is 3.63. The first-order chi connectivity index (χ1) is 6.24. The number of piperidine rings is 1. The van der Waals surface area contributed by atoms with Gasteiger partial charge in [0, 0.05) is 19.5 Å². The fraction of sp³-hybridized carbons (Fsp3) is 0.900. The standard InChI is InChI=1S/C10H18N2O/c1-2-9(13)12-5-3-4-8-6-10(8,12)7-11/h8H,2-7,11H2,1H3. The molecular weight excluding hydrogens is 164 g/mol. The van der Waals surface area contributed by atoms with E-state index in [0.29, 0.717) is 18.9 Å². The van der Waals surface area contributed by atoms with Crippen molar-refractivity contribution in [3.05, 3.63) is 0 Å². The number of hydrogen-bond acceptors (Lipinski definition) is 2. The van der Waals surface area contributed by atoms with E-state index >= 15 is 0 Å². The molecule has 0 aromatic rings. The Morgan fingerprint density at radius 3 is 3.08 bits per heavy atom. The van der Waals surface area contributed by atoms with Crippen LogP contribution in [0.3, 0.4) is 0 Å². The summed E-state index contributed by atoms with van der Waals surface area (Å²) >= 11 is 0. The Balaban J connectivity index is 2.12. The maximum atomic E-state index is 11.6. The van der Waals surface area contributed by atoms with Crippen molar-refractivity contribution in [2.75, 3.05) is 13.1 Å². The molecule has 0 radical (unpaired) electrons. The van der Waals surface area contributed by atoms with Gasteiger partial charge in [-0.15, -0.1) is 0 Å². The number of likely N-dealkylation sites (tertiary alicyclic amines) is 1. The largest absolute Gasteiger partial charge is 0.335 e. The molecule has 1 heterocycles. The molecule has 0 spiro atoms. The van der Waals surface area contributed by atoms with Crippen LogP contribution in [0.2, 0.25) is 0 Å². The zero-order chi connectivity index (χ0) is 9.47. The Morgan fingerprint density at radius 1 is 1.69 bits per heavy atom. The monoisotopic (exact) mass is 182 g/mol. The first-order valence-corrected chi connectivity index (χ1v) is 5.25. The van der Waals surface area contributed by atoms with Crippen LogP contribution in [0.15, 0.2) is 0 Å². The van der Waals surface area contributed by atoms with Crippen molar-refractivity contribution in [2.45, 2.75) is 38.1 Å². The minimum absolute atomic E-state index is 0.0886. The van der Waals surface area contributed by atoms with Gasteiger partial charge in [0.2, 0.25) is 5.91 Å². The number of amides is 1. The summed E-state index contributed by atoms with van der Waals surface area (Å²) in [5.74, 6) is 0.995. The predicted octanol–water partition coefficient (Wildman–Crippen LogP) is 0.736. The molecule has 2 unspecified atom stereocenters. The topological polar surface area (TPSA) is 46.3 Å². The Kier molecular flexibility index (Phi) is 2.06. The van der Waals surface area contributed by atoms with Gasteiger partial charge in [-0.3, -0.25) is 4.79 Å². The third-order valence-corrected chi connectivity index (χ3v) is 3.63. The van der Waals surface area contributed by atoms with Crippen LogP contribution in [0.4, 0.5) is 0 Å². The molecule has 3 heteroatoms. The smallest absolute Gasteiger partial charge is 0.222 e. The van der Waals surface area contributed by atoms with Crippen molar-refractivity contribution in [1.29, 1.82) is 0 Å². The second-order valence-corrected chi connectivity index (χ2v) is 4.25. The van der Waals surface area contributed by atoms with Crippen LogP contribution >= 0.6 is 0 Å². The van der Waals surface area contributed by atoms with Gasteiger partial charge in [-0.2, -0.15) is 0 Å². The van der Waals surface area contributed by atoms with E-state index < -0.39 is 0 Å². The lowest BCUT2D eigenvalue weighted by atomic mass is 10.0. The minimum atomic E-state index is 0.0886. The van der Waals surface area contributed by atoms with E-state index in [9.17, 15) is 4.79 Å². The Labute approximate surface area is 79.3 Å². The second-order valence-electron chi connectivity index (χ2n) is 4.25. The summed E-state index contributed by atoms with van der Waals surface area (Å²) in [7, 11) is 0. The SMILES string of the molecule is CCC(=O)N1CCCC2CC21CN. The molecule has 1 saturated carbocycles. The fourth-order valence-electron chi connectivity index (χ4n) is 2.71. The second kappa shape index (κ2) is 2.98. The van der Waals surface area contributed by atoms with Gasteiger partial charge < -0.3 is 10.6 Å². The first kappa shape index (κ1) is 9.00. The number of hydrogen-bond donors (Lipinski definition) is 1. The maximum absolute atomic E-state index is 11.6. The molecule has 2 fully saturated rings. The molecule has 2 atom stereocenters. The molecule has 1 amide bonds. The Morgan fingerprint density at radius 2 is 2.46 bits per heavy atom. The van der Waals surface area contributed by atoms with Crippen molar-refractivity contribution in [2.24, 2.45) is 11.7 Å². The summed E-state index contributed by atoms with van der Waals surface area (Å²) in [6, 6.07) is 0. The van der Waals surface area contributed by atoms with E-state index in [-0.39, 0.29) is 11.4 Å². The summed E-state index contributed by atoms with van der Waals surface area (Å²) in [5, 5.41) is 0. The lowest BCUT2D eigenvalue weighted by molar-refractivity contribution is -0.135. The minimum Gasteiger partial charge on any atom is -0.335 e. The molecule has 0 aromatic carbocycles. The number of fused-ring (bicyclic) bond motifs is 1. The number of carbonyl (C=O) groups excluding carboxylic acids is 1. The molecule has 1 aliphatic carbocycles. The fourth-order valence-corrected chi connectivity index (χ4v) is 2.71. The summed E-state index contributed by atoms with van der Waals surface area (Å²) < 4.78 is 0. The summed E-state index contributed by atoms with van der Waals surface area (Å²) in [6.45, 7) is 3.52. The summed E-state index contributed by atoms with van der Waals surface area (Å²) in [6.07, 6.45) is 4.20. The normalized spacial score (nSPS) is 37.1. The van der Waals surface area contributed by atoms with Gasteiger partial charge in [0.15, 0.2) is 0 Å². The van der Waals surface area contributed by atoms with Crippen molar-refractivity contribution < 1.29 is 4.79 Å². The van der Waals surface area contributed by atoms with E-state index in [1.807, 2.05) is 11.8 Å². The number of nitrogens with two attached hydrogens (primary N) is 1. The molecule has 0 bridgehead atoms. The van der Waals surface area contributed by atoms with Crippen LogP contribution in [0.1, 0.15) is 32.6 Å². The van der Waals surface area contributed by atoms with Crippen LogP contribution in [0, 0.1) is 5.92 Å². The van der Waals surface area contributed by atoms with Gasteiger partial charge in [-0.25, -0.2) is 0 Å². The van der Waals surface area contributed by atoms with E-state index in [1.54, 1.807) is 0 Å². The van der Waals surface area contributed by atoms with E-state index in [1.165, 1.54) is 6.42 Å². The van der Waals surface area contributed by atoms with Crippen molar-refractivity contribution in [3.8, 4) is 0 Å². The zero-order valence-corrected chi connectivity index (χ0v) is 8.25. The molecule has 1 saturated heterocycles. The average Bonchev–Trinajstić information content (AvgIpc) is 2.90. The molecule has 3 nitrogen and oxygen atoms in total. The highest BCUT2D eigenvalue weighted by atomic mass is 16.2. The van der Waals surface area contributed by atoms with Gasteiger partial charge in [0.25, 0.3) is 0 Å². The summed E-state index contributed by atoms with van der Waals surface area (Å²) in [5.41, 5.74) is 5.86. The van der Waals surface area contributed by atoms with Gasteiger partial charge in [0.05, 0.1) is 5.54 Å². The average molecular weight is 182 g/mol. The molecular formula is C10H18N2O. The molecule has 13 heavy (non-hydrogen) atoms. The van der Waals surface area contributed by atoms with Gasteiger partial charge >= 0.3 is 0 Å². The van der Waals surface area contributed by atoms with E-state index in [4.69, 9.17) is 5.73 Å². The molecule has 2 N–H and O–H groups in total. The van der Waals surface area contributed by atoms with Crippen LogP contribution < -0.4 is 5.73 Å². The third kappa shape index (κ3) is 1.17. The highest BCUT2D eigenvalue weighted by molar-refractivity contribution is 5.77. The predicted molar refractivity (Wildman–Crippen MR) is 51.1 cm³/mol. The van der Waals surface area contributed by atoms with Crippen molar-refractivity contribution in [1.82, 2.24) is 4.90 Å². The van der Waals surface area contributed by atoms with Crippen molar-refractivity contribution >= 4 is 5.91 Å². The molecule has 1 aliphatic heterocycles. The van der Waals surface area contributed by atoms with Gasteiger partial charge in [0.1, 0.15) is 0 Å². The van der Waals surface area contributed by atoms with Gasteiger partial charge in [-0.05, 0) is 25.2 Å². The van der Waals surface area contributed by atoms with Crippen LogP contribution in [0.25, 0.3) is 0 Å². The van der Waals surface area contributed by atoms with Crippen LogP contribution in [-0.2, 0) is 4.79 Å². The highest BCUT2D eigenvalue weighted by Crippen LogP contribution is 2.53. The number of rotatable bonds is 2. The maximum Gasteiger partial charge on any atom is 0.222 e. The van der Waals surface area contributed by atoms with E-state index in [2.05, 4.69) is 0 Å². The number of nitrogens with zero attached hydrogens (tertiary/aromatic N) is 1. The zero-order valence-electron chi connectivity index (χ0n) is 8.25. The quantitative estimate of drug-likeness (QED) is 0.684. The Hall–Kier alpha value is -0.570. The molecule has 2 aliphatic rings. The lowest BCUT2D eigenvalue weighted by Gasteiger charge is -2.35. The number of carbonyl (C=O) groups is 1. The van der Waals surface area contributed by atoms with Crippen LogP contribution in [0.5, 0.6) is 0 Å². The Bertz CT molecular complexity index is 229. The summed E-state index contributed by atoms with van der Waals surface area (Å²) in [4.78, 5) is 13.7. The highest BCUT2D eigenvalue weighted by Gasteiger charge is 2.59. The van der Waals surface area contributed by atoms with Crippen LogP contribution in [-0.4, -0.2) is 29.4 Å². The van der Waals surface area contributed by atoms with E-state index in [0.717, 1.165) is 19.4 Å².